The maximum Gasteiger partial charge on any atom is 0.123 e. The zero-order chi connectivity index (χ0) is 10.4. The van der Waals surface area contributed by atoms with Crippen molar-refractivity contribution in [3.63, 3.8) is 0 Å². The van der Waals surface area contributed by atoms with Crippen molar-refractivity contribution in [1.82, 2.24) is 4.98 Å². The third-order valence-electron chi connectivity index (χ3n) is 2.86. The van der Waals surface area contributed by atoms with Crippen LogP contribution in [0.3, 0.4) is 0 Å². The van der Waals surface area contributed by atoms with Gasteiger partial charge in [0.1, 0.15) is 5.75 Å². The second-order valence-electron chi connectivity index (χ2n) is 4.07. The predicted molar refractivity (Wildman–Crippen MR) is 62.9 cm³/mol. The van der Waals surface area contributed by atoms with E-state index in [2.05, 4.69) is 17.1 Å². The summed E-state index contributed by atoms with van der Waals surface area (Å²) in [5.41, 5.74) is 2.47. The lowest BCUT2D eigenvalue weighted by Gasteiger charge is -2.06. The molecule has 0 atom stereocenters. The molecule has 15 heavy (non-hydrogen) atoms. The Balaban J connectivity index is 2.23. The quantitative estimate of drug-likeness (QED) is 0.771. The van der Waals surface area contributed by atoms with Crippen LogP contribution in [0, 0.1) is 6.92 Å². The molecule has 2 nitrogen and oxygen atoms in total. The van der Waals surface area contributed by atoms with Crippen LogP contribution in [-0.2, 0) is 0 Å². The van der Waals surface area contributed by atoms with Crippen LogP contribution >= 0.6 is 11.3 Å². The van der Waals surface area contributed by atoms with E-state index in [0.29, 0.717) is 5.92 Å². The molecule has 1 aromatic carbocycles. The number of ether oxygens (including phenoxy) is 1. The minimum absolute atomic E-state index is 0.714. The minimum Gasteiger partial charge on any atom is -0.496 e. The van der Waals surface area contributed by atoms with Gasteiger partial charge in [-0.2, -0.15) is 0 Å². The van der Waals surface area contributed by atoms with Crippen LogP contribution in [0.5, 0.6) is 5.75 Å². The van der Waals surface area contributed by atoms with Crippen molar-refractivity contribution in [2.45, 2.75) is 25.7 Å². The zero-order valence-electron chi connectivity index (χ0n) is 8.91. The van der Waals surface area contributed by atoms with Gasteiger partial charge in [-0.3, -0.25) is 0 Å². The fourth-order valence-corrected chi connectivity index (χ4v) is 2.81. The van der Waals surface area contributed by atoms with E-state index in [9.17, 15) is 0 Å². The lowest BCUT2D eigenvalue weighted by molar-refractivity contribution is 0.410. The fraction of sp³-hybridized carbons (Fsp3) is 0.417. The summed E-state index contributed by atoms with van der Waals surface area (Å²) in [5, 5.41) is 1.12. The van der Waals surface area contributed by atoms with Crippen LogP contribution in [-0.4, -0.2) is 12.1 Å². The van der Waals surface area contributed by atoms with Crippen molar-refractivity contribution in [2.24, 2.45) is 0 Å². The molecule has 1 aliphatic rings. The average molecular weight is 219 g/mol. The molecule has 2 aromatic rings. The van der Waals surface area contributed by atoms with Crippen molar-refractivity contribution in [1.29, 1.82) is 0 Å². The van der Waals surface area contributed by atoms with Gasteiger partial charge in [0.25, 0.3) is 0 Å². The molecule has 0 amide bonds. The molecule has 0 aliphatic heterocycles. The third-order valence-corrected chi connectivity index (χ3v) is 3.80. The van der Waals surface area contributed by atoms with Gasteiger partial charge in [-0.1, -0.05) is 0 Å². The number of hydrogen-bond acceptors (Lipinski definition) is 3. The Morgan fingerprint density at radius 2 is 2.20 bits per heavy atom. The highest BCUT2D eigenvalue weighted by Crippen LogP contribution is 2.45. The molecule has 0 unspecified atom stereocenters. The topological polar surface area (TPSA) is 22.1 Å². The number of aryl methyl sites for hydroxylation is 1. The summed E-state index contributed by atoms with van der Waals surface area (Å²) in [5.74, 6) is 1.75. The van der Waals surface area contributed by atoms with E-state index >= 15 is 0 Å². The Bertz CT molecular complexity index is 514. The zero-order valence-corrected chi connectivity index (χ0v) is 9.73. The second kappa shape index (κ2) is 3.20. The first-order valence-electron chi connectivity index (χ1n) is 5.23. The number of thiazole rings is 1. The number of rotatable bonds is 2. The Labute approximate surface area is 92.9 Å². The molecule has 1 aliphatic carbocycles. The van der Waals surface area contributed by atoms with Crippen LogP contribution in [0.15, 0.2) is 12.1 Å². The van der Waals surface area contributed by atoms with Crippen molar-refractivity contribution < 1.29 is 4.74 Å². The summed E-state index contributed by atoms with van der Waals surface area (Å²) < 4.78 is 6.67. The Morgan fingerprint density at radius 1 is 1.40 bits per heavy atom. The highest BCUT2D eigenvalue weighted by molar-refractivity contribution is 7.18. The van der Waals surface area contributed by atoms with Gasteiger partial charge in [0.2, 0.25) is 0 Å². The van der Waals surface area contributed by atoms with Crippen LogP contribution in [0.25, 0.3) is 10.2 Å². The normalized spacial score (nSPS) is 15.9. The van der Waals surface area contributed by atoms with Gasteiger partial charge in [-0.05, 0) is 43.4 Å². The molecule has 0 radical (unpaired) electrons. The Morgan fingerprint density at radius 3 is 2.87 bits per heavy atom. The molecule has 78 valence electrons. The van der Waals surface area contributed by atoms with Gasteiger partial charge in [-0.25, -0.2) is 4.98 Å². The average Bonchev–Trinajstić information content (AvgIpc) is 2.98. The fourth-order valence-electron chi connectivity index (χ4n) is 1.98. The molecule has 3 heteroatoms. The lowest BCUT2D eigenvalue weighted by Crippen LogP contribution is -1.89. The van der Waals surface area contributed by atoms with E-state index in [1.165, 1.54) is 23.1 Å². The number of benzene rings is 1. The van der Waals surface area contributed by atoms with E-state index < -0.39 is 0 Å². The molecule has 0 spiro atoms. The van der Waals surface area contributed by atoms with Crippen molar-refractivity contribution >= 4 is 21.6 Å². The Hall–Kier alpha value is -1.09. The maximum absolute atomic E-state index is 5.44. The van der Waals surface area contributed by atoms with Crippen molar-refractivity contribution in [3.8, 4) is 5.75 Å². The molecule has 0 N–H and O–H groups in total. The molecule has 0 saturated heterocycles. The Kier molecular flexibility index (Phi) is 1.96. The summed E-state index contributed by atoms with van der Waals surface area (Å²) in [7, 11) is 1.75. The van der Waals surface area contributed by atoms with Gasteiger partial charge in [-0.15, -0.1) is 11.3 Å². The molecular weight excluding hydrogens is 206 g/mol. The van der Waals surface area contributed by atoms with Crippen molar-refractivity contribution in [2.75, 3.05) is 7.11 Å². The summed E-state index contributed by atoms with van der Waals surface area (Å²) in [6, 6.07) is 4.34. The molecular formula is C12H13NOS. The van der Waals surface area contributed by atoms with Crippen LogP contribution in [0.2, 0.25) is 0 Å². The largest absolute Gasteiger partial charge is 0.496 e. The molecule has 1 saturated carbocycles. The first-order chi connectivity index (χ1) is 7.28. The van der Waals surface area contributed by atoms with E-state index in [0.717, 1.165) is 16.3 Å². The first-order valence-corrected chi connectivity index (χ1v) is 6.04. The highest BCUT2D eigenvalue weighted by Gasteiger charge is 2.27. The smallest absolute Gasteiger partial charge is 0.123 e. The van der Waals surface area contributed by atoms with Crippen LogP contribution in [0.1, 0.15) is 29.3 Å². The third kappa shape index (κ3) is 1.51. The number of nitrogens with zero attached hydrogens (tertiary/aromatic N) is 1. The molecule has 0 bridgehead atoms. The summed E-state index contributed by atoms with van der Waals surface area (Å²) in [6.45, 7) is 2.05. The van der Waals surface area contributed by atoms with Crippen molar-refractivity contribution in [3.05, 3.63) is 22.7 Å². The van der Waals surface area contributed by atoms with Gasteiger partial charge in [0.05, 0.1) is 22.3 Å². The molecule has 1 aromatic heterocycles. The highest BCUT2D eigenvalue weighted by atomic mass is 32.1. The van der Waals surface area contributed by atoms with E-state index in [1.807, 2.05) is 6.92 Å². The number of fused-ring (bicyclic) bond motifs is 1. The number of methoxy groups -OCH3 is 1. The summed E-state index contributed by atoms with van der Waals surface area (Å²) in [6.07, 6.45) is 2.59. The minimum atomic E-state index is 0.714. The standard InChI is InChI=1S/C12H13NOS/c1-7-13-10-5-9(8-3-4-8)11(14-2)6-12(10)15-7/h5-6,8H,3-4H2,1-2H3. The van der Waals surface area contributed by atoms with E-state index in [4.69, 9.17) is 4.74 Å². The predicted octanol–water partition coefficient (Wildman–Crippen LogP) is 3.49. The maximum atomic E-state index is 5.44. The SMILES string of the molecule is COc1cc2sc(C)nc2cc1C1CC1. The van der Waals surface area contributed by atoms with E-state index in [-0.39, 0.29) is 0 Å². The summed E-state index contributed by atoms with van der Waals surface area (Å²) in [4.78, 5) is 4.52. The number of hydrogen-bond donors (Lipinski definition) is 0. The summed E-state index contributed by atoms with van der Waals surface area (Å²) >= 11 is 1.73. The van der Waals surface area contributed by atoms with Gasteiger partial charge < -0.3 is 4.74 Å². The van der Waals surface area contributed by atoms with Crippen LogP contribution < -0.4 is 4.74 Å². The molecule has 3 rings (SSSR count). The van der Waals surface area contributed by atoms with Crippen LogP contribution in [0.4, 0.5) is 0 Å². The van der Waals surface area contributed by atoms with E-state index in [1.54, 1.807) is 18.4 Å². The molecule has 1 fully saturated rings. The van der Waals surface area contributed by atoms with Gasteiger partial charge in [0.15, 0.2) is 0 Å². The monoisotopic (exact) mass is 219 g/mol. The number of aromatic nitrogens is 1. The lowest BCUT2D eigenvalue weighted by atomic mass is 10.1. The second-order valence-corrected chi connectivity index (χ2v) is 5.30. The van der Waals surface area contributed by atoms with Gasteiger partial charge >= 0.3 is 0 Å². The van der Waals surface area contributed by atoms with Gasteiger partial charge in [0, 0.05) is 0 Å². The first kappa shape index (κ1) is 9.16. The molecule has 1 heterocycles.